The molecular weight excluding hydrogens is 272 g/mol. The Morgan fingerprint density at radius 1 is 1.32 bits per heavy atom. The molecule has 0 aliphatic rings. The van der Waals surface area contributed by atoms with Gasteiger partial charge in [-0.15, -0.1) is 0 Å². The van der Waals surface area contributed by atoms with Crippen molar-refractivity contribution in [2.45, 2.75) is 31.3 Å². The van der Waals surface area contributed by atoms with Crippen LogP contribution in [0.4, 0.5) is 0 Å². The normalized spacial score (nSPS) is 12.3. The number of carboxylic acid groups (broad SMARTS) is 2. The summed E-state index contributed by atoms with van der Waals surface area (Å²) in [5.41, 5.74) is 10.4. The number of carbonyl (C=O) groups is 2. The van der Waals surface area contributed by atoms with Crippen molar-refractivity contribution in [1.29, 1.82) is 5.26 Å². The van der Waals surface area contributed by atoms with E-state index in [1.165, 1.54) is 6.19 Å². The van der Waals surface area contributed by atoms with Crippen molar-refractivity contribution < 1.29 is 19.8 Å². The summed E-state index contributed by atoms with van der Waals surface area (Å²) in [7, 11) is 0. The van der Waals surface area contributed by atoms with Gasteiger partial charge < -0.3 is 27.0 Å². The summed E-state index contributed by atoms with van der Waals surface area (Å²) in [4.78, 5) is 20.2. The average Bonchev–Trinajstić information content (AvgIpc) is 2.36. The van der Waals surface area contributed by atoms with Gasteiger partial charge in [0, 0.05) is 5.75 Å². The Labute approximate surface area is 117 Å². The van der Waals surface area contributed by atoms with Gasteiger partial charge in [0.05, 0.1) is 0 Å². The van der Waals surface area contributed by atoms with Crippen LogP contribution in [-0.2, 0) is 9.59 Å². The molecule has 0 heterocycles. The van der Waals surface area contributed by atoms with Crippen LogP contribution in [0.1, 0.15) is 19.3 Å². The predicted molar refractivity (Wildman–Crippen MR) is 72.5 cm³/mol. The summed E-state index contributed by atoms with van der Waals surface area (Å²) in [5.74, 6) is -1.88. The second-order valence-corrected chi connectivity index (χ2v) is 3.92. The van der Waals surface area contributed by atoms with Crippen molar-refractivity contribution in [3.05, 3.63) is 0 Å². The van der Waals surface area contributed by atoms with Crippen LogP contribution < -0.4 is 16.8 Å². The Bertz CT molecular complexity index is 308. The minimum absolute atomic E-state index is 0.114. The third-order valence-electron chi connectivity index (χ3n) is 2.01. The fourth-order valence-corrected chi connectivity index (χ4v) is 1.14. The minimum Gasteiger partial charge on any atom is -0.480 e. The first-order valence-electron chi connectivity index (χ1n) is 5.57. The Kier molecular flexibility index (Phi) is 13.5. The SMILES string of the molecule is N#CN[C@@H](CS)C(=O)O.NCCCC[C@H](N)C(=O)O. The van der Waals surface area contributed by atoms with Crippen LogP contribution in [0.25, 0.3) is 0 Å². The number of nitrogens with two attached hydrogens (primary N) is 2. The lowest BCUT2D eigenvalue weighted by atomic mass is 10.1. The highest BCUT2D eigenvalue weighted by molar-refractivity contribution is 7.80. The van der Waals surface area contributed by atoms with Crippen molar-refractivity contribution in [1.82, 2.24) is 5.32 Å². The van der Waals surface area contributed by atoms with Crippen molar-refractivity contribution in [3.8, 4) is 6.19 Å². The maximum absolute atomic E-state index is 10.1. The van der Waals surface area contributed by atoms with Crippen LogP contribution >= 0.6 is 12.6 Å². The molecule has 0 aromatic rings. The molecule has 0 aromatic carbocycles. The molecule has 0 spiro atoms. The fraction of sp³-hybridized carbons (Fsp3) is 0.700. The van der Waals surface area contributed by atoms with Crippen LogP contribution in [0.2, 0.25) is 0 Å². The maximum atomic E-state index is 10.1. The standard InChI is InChI=1S/C6H14N2O2.C4H6N2O2S/c7-4-2-1-3-5(8)6(9)10;5-2-6-3(1-9)4(7)8/h5H,1-4,7-8H2,(H,9,10);3,6,9H,1H2,(H,7,8)/t5-;3-/m00/s1. The second kappa shape index (κ2) is 12.9. The highest BCUT2D eigenvalue weighted by Crippen LogP contribution is 1.96. The van der Waals surface area contributed by atoms with E-state index in [-0.39, 0.29) is 5.75 Å². The van der Waals surface area contributed by atoms with Crippen LogP contribution in [0.3, 0.4) is 0 Å². The van der Waals surface area contributed by atoms with E-state index < -0.39 is 24.0 Å². The van der Waals surface area contributed by atoms with Gasteiger partial charge in [0.1, 0.15) is 12.1 Å². The molecule has 0 unspecified atom stereocenters. The van der Waals surface area contributed by atoms with Crippen molar-refractivity contribution >= 4 is 24.6 Å². The van der Waals surface area contributed by atoms with Gasteiger partial charge in [0.2, 0.25) is 0 Å². The molecule has 2 atom stereocenters. The van der Waals surface area contributed by atoms with E-state index in [0.717, 1.165) is 12.8 Å². The summed E-state index contributed by atoms with van der Waals surface area (Å²) in [6.45, 7) is 0.604. The first kappa shape index (κ1) is 19.8. The zero-order valence-corrected chi connectivity index (χ0v) is 11.3. The molecular formula is C10H20N4O4S. The smallest absolute Gasteiger partial charge is 0.327 e. The van der Waals surface area contributed by atoms with Crippen molar-refractivity contribution in [2.24, 2.45) is 11.5 Å². The second-order valence-electron chi connectivity index (χ2n) is 3.56. The third kappa shape index (κ3) is 12.7. The molecule has 110 valence electrons. The predicted octanol–water partition coefficient (Wildman–Crippen LogP) is -1.03. The number of nitrogens with zero attached hydrogens (tertiary/aromatic N) is 1. The number of unbranched alkanes of at least 4 members (excludes halogenated alkanes) is 1. The monoisotopic (exact) mass is 292 g/mol. The molecule has 0 saturated heterocycles. The Morgan fingerprint density at radius 2 is 1.89 bits per heavy atom. The van der Waals surface area contributed by atoms with Crippen LogP contribution in [0.15, 0.2) is 0 Å². The number of nitrogens with one attached hydrogen (secondary N) is 1. The topological polar surface area (TPSA) is 162 Å². The summed E-state index contributed by atoms with van der Waals surface area (Å²) < 4.78 is 0. The van der Waals surface area contributed by atoms with Gasteiger partial charge in [0.15, 0.2) is 6.19 Å². The van der Waals surface area contributed by atoms with E-state index in [1.54, 1.807) is 0 Å². The number of hydrogen-bond donors (Lipinski definition) is 6. The van der Waals surface area contributed by atoms with Gasteiger partial charge >= 0.3 is 11.9 Å². The first-order valence-corrected chi connectivity index (χ1v) is 6.20. The molecule has 0 radical (unpaired) electrons. The molecule has 7 N–H and O–H groups in total. The minimum atomic E-state index is -1.06. The fourth-order valence-electron chi connectivity index (χ4n) is 0.895. The van der Waals surface area contributed by atoms with Gasteiger partial charge in [-0.1, -0.05) is 6.42 Å². The molecule has 0 aliphatic heterocycles. The molecule has 0 bridgehead atoms. The zero-order valence-electron chi connectivity index (χ0n) is 10.5. The largest absolute Gasteiger partial charge is 0.480 e. The summed E-state index contributed by atoms with van der Waals surface area (Å²) in [6, 6.07) is -1.58. The van der Waals surface area contributed by atoms with Crippen molar-refractivity contribution in [2.75, 3.05) is 12.3 Å². The number of rotatable bonds is 8. The summed E-state index contributed by atoms with van der Waals surface area (Å²) in [6.07, 6.45) is 3.68. The van der Waals surface area contributed by atoms with Gasteiger partial charge in [-0.25, -0.2) is 4.79 Å². The van der Waals surface area contributed by atoms with Crippen molar-refractivity contribution in [3.63, 3.8) is 0 Å². The van der Waals surface area contributed by atoms with E-state index >= 15 is 0 Å². The third-order valence-corrected chi connectivity index (χ3v) is 2.37. The number of carboxylic acids is 2. The van der Waals surface area contributed by atoms with Gasteiger partial charge in [-0.2, -0.15) is 17.9 Å². The van der Waals surface area contributed by atoms with Crippen LogP contribution in [-0.4, -0.2) is 46.5 Å². The van der Waals surface area contributed by atoms with E-state index in [9.17, 15) is 9.59 Å². The molecule has 19 heavy (non-hydrogen) atoms. The number of hydrogen-bond acceptors (Lipinski definition) is 7. The molecule has 0 aliphatic carbocycles. The average molecular weight is 292 g/mol. The molecule has 0 rings (SSSR count). The lowest BCUT2D eigenvalue weighted by molar-refractivity contribution is -0.139. The highest BCUT2D eigenvalue weighted by Gasteiger charge is 2.12. The van der Waals surface area contributed by atoms with E-state index in [1.807, 2.05) is 0 Å². The molecule has 9 heteroatoms. The van der Waals surface area contributed by atoms with Crippen LogP contribution in [0.5, 0.6) is 0 Å². The first-order chi connectivity index (χ1) is 8.90. The Hall–Kier alpha value is -1.50. The zero-order chi connectivity index (χ0) is 15.3. The molecule has 8 nitrogen and oxygen atoms in total. The van der Waals surface area contributed by atoms with E-state index in [2.05, 4.69) is 17.9 Å². The number of nitriles is 1. The summed E-state index contributed by atoms with van der Waals surface area (Å²) in [5, 5.41) is 26.6. The Balaban J connectivity index is 0. The van der Waals surface area contributed by atoms with E-state index in [4.69, 9.17) is 26.9 Å². The van der Waals surface area contributed by atoms with E-state index in [0.29, 0.717) is 13.0 Å². The lowest BCUT2D eigenvalue weighted by Gasteiger charge is -2.03. The number of aliphatic carboxylic acids is 2. The summed E-state index contributed by atoms with van der Waals surface area (Å²) >= 11 is 3.69. The van der Waals surface area contributed by atoms with Crippen LogP contribution in [0, 0.1) is 11.5 Å². The lowest BCUT2D eigenvalue weighted by Crippen LogP contribution is -2.34. The molecule has 0 aromatic heterocycles. The maximum Gasteiger partial charge on any atom is 0.327 e. The van der Waals surface area contributed by atoms with Gasteiger partial charge in [-0.3, -0.25) is 4.79 Å². The highest BCUT2D eigenvalue weighted by atomic mass is 32.1. The quantitative estimate of drug-likeness (QED) is 0.143. The molecule has 0 saturated carbocycles. The number of thiol groups is 1. The molecule has 0 amide bonds. The van der Waals surface area contributed by atoms with Gasteiger partial charge in [0.25, 0.3) is 0 Å². The van der Waals surface area contributed by atoms with Gasteiger partial charge in [-0.05, 0) is 19.4 Å². The Morgan fingerprint density at radius 3 is 2.16 bits per heavy atom. The molecule has 0 fully saturated rings.